The lowest BCUT2D eigenvalue weighted by Gasteiger charge is -2.48. The first-order chi connectivity index (χ1) is 12.9. The van der Waals surface area contributed by atoms with Gasteiger partial charge in [0.1, 0.15) is 17.9 Å². The minimum absolute atomic E-state index is 0.107. The van der Waals surface area contributed by atoms with Gasteiger partial charge in [0.25, 0.3) is 0 Å². The molecule has 0 atom stereocenters. The van der Waals surface area contributed by atoms with Gasteiger partial charge >= 0.3 is 0 Å². The van der Waals surface area contributed by atoms with Crippen molar-refractivity contribution in [2.45, 2.75) is 31.7 Å². The van der Waals surface area contributed by atoms with Crippen LogP contribution in [0.15, 0.2) is 30.6 Å². The number of carbonyl (C=O) groups is 1. The quantitative estimate of drug-likeness (QED) is 0.495. The number of aromatic nitrogens is 2. The Hall–Kier alpha value is -2.98. The summed E-state index contributed by atoms with van der Waals surface area (Å²) in [5, 5.41) is 18.0. The molecule has 138 valence electrons. The van der Waals surface area contributed by atoms with Crippen LogP contribution < -0.4 is 9.80 Å². The number of aldehydes is 1. The van der Waals surface area contributed by atoms with E-state index in [-0.39, 0.29) is 16.7 Å². The number of hydrogen-bond acceptors (Lipinski definition) is 5. The Labute approximate surface area is 162 Å². The molecule has 1 aliphatic carbocycles. The summed E-state index contributed by atoms with van der Waals surface area (Å²) in [5.74, 6) is 0.107. The van der Waals surface area contributed by atoms with Gasteiger partial charge in [0.15, 0.2) is 5.69 Å². The van der Waals surface area contributed by atoms with E-state index in [0.29, 0.717) is 24.2 Å². The maximum absolute atomic E-state index is 11.9. The molecule has 1 saturated carbocycles. The third kappa shape index (κ3) is 3.36. The summed E-state index contributed by atoms with van der Waals surface area (Å²) in [5.41, 5.74) is 1.46. The fourth-order valence-corrected chi connectivity index (χ4v) is 3.28. The predicted molar refractivity (Wildman–Crippen MR) is 104 cm³/mol. The van der Waals surface area contributed by atoms with E-state index in [2.05, 4.69) is 9.97 Å². The molecule has 0 spiro atoms. The van der Waals surface area contributed by atoms with Crippen LogP contribution in [0, 0.1) is 23.7 Å². The minimum atomic E-state index is -0.758. The van der Waals surface area contributed by atoms with Crippen LogP contribution in [0.5, 0.6) is 0 Å². The van der Waals surface area contributed by atoms with Crippen molar-refractivity contribution in [2.24, 2.45) is 0 Å². The summed E-state index contributed by atoms with van der Waals surface area (Å²) < 4.78 is 0. The highest BCUT2D eigenvalue weighted by atomic mass is 35.5. The van der Waals surface area contributed by atoms with Crippen molar-refractivity contribution < 1.29 is 4.79 Å². The Morgan fingerprint density at radius 3 is 2.52 bits per heavy atom. The SMILES string of the molecule is Cc1ccc(N(C(=N)N(C)c2cnc(C#N)c(Cl)c2)C2(C=O)CCC2)cn1. The van der Waals surface area contributed by atoms with Crippen LogP contribution in [0.3, 0.4) is 0 Å². The number of nitrogens with zero attached hydrogens (tertiary/aromatic N) is 5. The van der Waals surface area contributed by atoms with Gasteiger partial charge in [0.2, 0.25) is 5.96 Å². The molecule has 0 unspecified atom stereocenters. The normalized spacial score (nSPS) is 14.6. The molecule has 1 fully saturated rings. The van der Waals surface area contributed by atoms with Crippen LogP contribution in [0.2, 0.25) is 5.02 Å². The highest BCUT2D eigenvalue weighted by Crippen LogP contribution is 2.39. The monoisotopic (exact) mass is 382 g/mol. The number of rotatable bonds is 4. The van der Waals surface area contributed by atoms with Gasteiger partial charge in [-0.15, -0.1) is 0 Å². The Kier molecular flexibility index (Phi) is 5.10. The number of pyridine rings is 2. The number of nitrogens with one attached hydrogen (secondary N) is 1. The molecular weight excluding hydrogens is 364 g/mol. The Morgan fingerprint density at radius 2 is 2.04 bits per heavy atom. The van der Waals surface area contributed by atoms with Gasteiger partial charge in [-0.1, -0.05) is 11.6 Å². The molecule has 1 N–H and O–H groups in total. The van der Waals surface area contributed by atoms with Crippen LogP contribution in [-0.2, 0) is 4.79 Å². The topological polar surface area (TPSA) is 97.0 Å². The highest BCUT2D eigenvalue weighted by molar-refractivity contribution is 6.31. The number of anilines is 2. The average Bonchev–Trinajstić information content (AvgIpc) is 2.64. The molecule has 2 aromatic rings. The van der Waals surface area contributed by atoms with Gasteiger partial charge in [0, 0.05) is 12.7 Å². The molecule has 7 nitrogen and oxygen atoms in total. The van der Waals surface area contributed by atoms with Crippen LogP contribution >= 0.6 is 11.6 Å². The zero-order chi connectivity index (χ0) is 19.6. The third-order valence-corrected chi connectivity index (χ3v) is 5.18. The predicted octanol–water partition coefficient (Wildman–Crippen LogP) is 3.31. The molecule has 0 aliphatic heterocycles. The van der Waals surface area contributed by atoms with Crippen molar-refractivity contribution in [2.75, 3.05) is 16.8 Å². The van der Waals surface area contributed by atoms with E-state index in [0.717, 1.165) is 18.4 Å². The fourth-order valence-electron chi connectivity index (χ4n) is 3.08. The van der Waals surface area contributed by atoms with Gasteiger partial charge in [0.05, 0.1) is 28.8 Å². The van der Waals surface area contributed by atoms with Crippen molar-refractivity contribution in [3.63, 3.8) is 0 Å². The van der Waals surface area contributed by atoms with Crippen LogP contribution in [0.25, 0.3) is 0 Å². The second-order valence-corrected chi connectivity index (χ2v) is 6.99. The summed E-state index contributed by atoms with van der Waals surface area (Å²) in [4.78, 5) is 23.6. The summed E-state index contributed by atoms with van der Waals surface area (Å²) in [6, 6.07) is 7.21. The number of guanidine groups is 1. The number of nitriles is 1. The van der Waals surface area contributed by atoms with E-state index >= 15 is 0 Å². The average molecular weight is 383 g/mol. The van der Waals surface area contributed by atoms with Gasteiger partial charge < -0.3 is 9.69 Å². The lowest BCUT2D eigenvalue weighted by molar-refractivity contribution is -0.114. The van der Waals surface area contributed by atoms with Crippen molar-refractivity contribution in [3.8, 4) is 6.07 Å². The Morgan fingerprint density at radius 1 is 1.33 bits per heavy atom. The molecule has 2 aromatic heterocycles. The molecule has 3 rings (SSSR count). The standard InChI is InChI=1S/C19H19ClN6O/c1-13-4-5-14(10-23-13)26(19(12-27)6-3-7-19)18(22)25(2)15-8-16(20)17(9-21)24-11-15/h4-5,8,10-12,22H,3,6-7H2,1-2H3. The molecule has 0 saturated heterocycles. The molecule has 27 heavy (non-hydrogen) atoms. The molecule has 0 radical (unpaired) electrons. The lowest BCUT2D eigenvalue weighted by Crippen LogP contribution is -2.61. The van der Waals surface area contributed by atoms with Crippen molar-refractivity contribution in [1.29, 1.82) is 10.7 Å². The molecular formula is C19H19ClN6O. The molecule has 2 heterocycles. The molecule has 1 aliphatic rings. The van der Waals surface area contributed by atoms with Crippen molar-refractivity contribution in [3.05, 3.63) is 47.0 Å². The smallest absolute Gasteiger partial charge is 0.203 e. The molecule has 0 amide bonds. The first kappa shape index (κ1) is 18.8. The second kappa shape index (κ2) is 7.33. The third-order valence-electron chi connectivity index (χ3n) is 4.89. The molecule has 0 aromatic carbocycles. The summed E-state index contributed by atoms with van der Waals surface area (Å²) >= 11 is 6.09. The van der Waals surface area contributed by atoms with Crippen molar-refractivity contribution >= 4 is 35.2 Å². The maximum Gasteiger partial charge on any atom is 0.203 e. The van der Waals surface area contributed by atoms with E-state index in [1.54, 1.807) is 29.1 Å². The number of halogens is 1. The fraction of sp³-hybridized carbons (Fsp3) is 0.316. The van der Waals surface area contributed by atoms with Crippen LogP contribution in [0.1, 0.15) is 30.7 Å². The molecule has 0 bridgehead atoms. The lowest BCUT2D eigenvalue weighted by atomic mass is 9.76. The van der Waals surface area contributed by atoms with E-state index in [1.165, 1.54) is 6.20 Å². The zero-order valence-electron chi connectivity index (χ0n) is 15.1. The molecule has 8 heteroatoms. The minimum Gasteiger partial charge on any atom is -0.314 e. The van der Waals surface area contributed by atoms with E-state index in [1.807, 2.05) is 25.1 Å². The van der Waals surface area contributed by atoms with E-state index < -0.39 is 5.54 Å². The first-order valence-electron chi connectivity index (χ1n) is 8.49. The second-order valence-electron chi connectivity index (χ2n) is 6.59. The Balaban J connectivity index is 2.00. The van der Waals surface area contributed by atoms with E-state index in [4.69, 9.17) is 22.3 Å². The number of aryl methyl sites for hydroxylation is 1. The van der Waals surface area contributed by atoms with Crippen LogP contribution in [0.4, 0.5) is 11.4 Å². The number of hydrogen-bond donors (Lipinski definition) is 1. The summed E-state index contributed by atoms with van der Waals surface area (Å²) in [6.45, 7) is 1.88. The van der Waals surface area contributed by atoms with Crippen molar-refractivity contribution in [1.82, 2.24) is 9.97 Å². The first-order valence-corrected chi connectivity index (χ1v) is 8.87. The number of carbonyl (C=O) groups excluding carboxylic acids is 1. The van der Waals surface area contributed by atoms with E-state index in [9.17, 15) is 4.79 Å². The summed E-state index contributed by atoms with van der Waals surface area (Å²) in [6.07, 6.45) is 6.35. The zero-order valence-corrected chi connectivity index (χ0v) is 15.9. The highest BCUT2D eigenvalue weighted by Gasteiger charge is 2.45. The van der Waals surface area contributed by atoms with Gasteiger partial charge in [-0.05, 0) is 44.4 Å². The van der Waals surface area contributed by atoms with Gasteiger partial charge in [-0.2, -0.15) is 5.26 Å². The summed E-state index contributed by atoms with van der Waals surface area (Å²) in [7, 11) is 1.70. The van der Waals surface area contributed by atoms with Gasteiger partial charge in [-0.3, -0.25) is 15.3 Å². The largest absolute Gasteiger partial charge is 0.314 e. The van der Waals surface area contributed by atoms with Gasteiger partial charge in [-0.25, -0.2) is 4.98 Å². The maximum atomic E-state index is 11.9. The Bertz CT molecular complexity index is 917. The van der Waals surface area contributed by atoms with Crippen LogP contribution in [-0.4, -0.2) is 34.8 Å².